The molecule has 3 N–H and O–H groups in total. The van der Waals surface area contributed by atoms with Gasteiger partial charge in [-0.05, 0) is 54.6 Å². The summed E-state index contributed by atoms with van der Waals surface area (Å²) >= 11 is 0. The molecule has 14 heteroatoms. The number of carbonyl (C=O) groups is 1. The summed E-state index contributed by atoms with van der Waals surface area (Å²) in [5, 5.41) is 7.18. The Labute approximate surface area is 194 Å². The molecule has 0 aliphatic carbocycles. The summed E-state index contributed by atoms with van der Waals surface area (Å²) in [7, 11) is -4.16. The fourth-order valence-electron chi connectivity index (χ4n) is 2.87. The molecule has 1 amide bonds. The van der Waals surface area contributed by atoms with Crippen molar-refractivity contribution >= 4 is 21.6 Å². The molecule has 0 spiro atoms. The smallest absolute Gasteiger partial charge is 0.457 e. The first-order valence-corrected chi connectivity index (χ1v) is 10.9. The van der Waals surface area contributed by atoms with Crippen LogP contribution >= 0.6 is 0 Å². The number of ether oxygens (including phenoxy) is 2. The van der Waals surface area contributed by atoms with Crippen molar-refractivity contribution in [2.75, 3.05) is 5.32 Å². The second kappa shape index (κ2) is 9.46. The largest absolute Gasteiger partial charge is 0.573 e. The van der Waals surface area contributed by atoms with E-state index in [-0.39, 0.29) is 11.4 Å². The molecule has 7 nitrogen and oxygen atoms in total. The minimum Gasteiger partial charge on any atom is -0.457 e. The van der Waals surface area contributed by atoms with Gasteiger partial charge < -0.3 is 14.8 Å². The van der Waals surface area contributed by atoms with Gasteiger partial charge in [0.05, 0.1) is 16.0 Å². The van der Waals surface area contributed by atoms with Crippen molar-refractivity contribution < 1.29 is 49.0 Å². The van der Waals surface area contributed by atoms with Crippen LogP contribution in [0.5, 0.6) is 17.2 Å². The number of hydrogen-bond acceptors (Lipinski definition) is 5. The summed E-state index contributed by atoms with van der Waals surface area (Å²) in [6.45, 7) is 0. The first-order chi connectivity index (χ1) is 16.1. The Kier molecular flexibility index (Phi) is 6.98. The van der Waals surface area contributed by atoms with E-state index >= 15 is 0 Å². The summed E-state index contributed by atoms with van der Waals surface area (Å²) in [5.41, 5.74) is -2.48. The van der Waals surface area contributed by atoms with Crippen molar-refractivity contribution in [1.82, 2.24) is 0 Å². The third-order valence-corrected chi connectivity index (χ3v) is 5.18. The van der Waals surface area contributed by atoms with Crippen LogP contribution in [0.3, 0.4) is 0 Å². The monoisotopic (exact) mass is 520 g/mol. The summed E-state index contributed by atoms with van der Waals surface area (Å²) in [4.78, 5) is 12.5. The minimum absolute atomic E-state index is 0.168. The number of primary sulfonamides is 1. The first-order valence-electron chi connectivity index (χ1n) is 9.31. The molecule has 3 rings (SSSR count). The van der Waals surface area contributed by atoms with Gasteiger partial charge in [-0.3, -0.25) is 4.79 Å². The van der Waals surface area contributed by atoms with Gasteiger partial charge in [-0.15, -0.1) is 13.2 Å². The fourth-order valence-corrected chi connectivity index (χ4v) is 3.43. The SMILES string of the molecule is NS(=O)(=O)c1cccc(NC(=O)c2c(Oc3ccc(OC(F)(F)F)cc3)cccc2C(F)(F)F)c1. The fraction of sp³-hybridized carbons (Fsp3) is 0.0952. The van der Waals surface area contributed by atoms with Crippen LogP contribution < -0.4 is 19.9 Å². The van der Waals surface area contributed by atoms with Crippen LogP contribution in [0.25, 0.3) is 0 Å². The number of alkyl halides is 6. The number of nitrogens with one attached hydrogen (secondary N) is 1. The Morgan fingerprint density at radius 1 is 0.857 bits per heavy atom. The molecule has 0 aliphatic rings. The van der Waals surface area contributed by atoms with E-state index in [1.54, 1.807) is 0 Å². The van der Waals surface area contributed by atoms with Crippen molar-refractivity contribution in [3.63, 3.8) is 0 Å². The summed E-state index contributed by atoms with van der Waals surface area (Å²) in [6, 6.07) is 10.9. The highest BCUT2D eigenvalue weighted by Crippen LogP contribution is 2.38. The van der Waals surface area contributed by atoms with E-state index in [2.05, 4.69) is 10.1 Å². The summed E-state index contributed by atoms with van der Waals surface area (Å²) in [6.07, 6.45) is -9.94. The van der Waals surface area contributed by atoms with E-state index in [0.717, 1.165) is 48.5 Å². The molecule has 0 bridgehead atoms. The summed E-state index contributed by atoms with van der Waals surface area (Å²) in [5.74, 6) is -2.65. The van der Waals surface area contributed by atoms with E-state index in [0.29, 0.717) is 6.07 Å². The zero-order valence-corrected chi connectivity index (χ0v) is 18.0. The molecule has 35 heavy (non-hydrogen) atoms. The maximum Gasteiger partial charge on any atom is 0.573 e. The van der Waals surface area contributed by atoms with E-state index in [1.807, 2.05) is 0 Å². The van der Waals surface area contributed by atoms with Crippen LogP contribution in [0.2, 0.25) is 0 Å². The Morgan fingerprint density at radius 2 is 1.46 bits per heavy atom. The number of hydrogen-bond donors (Lipinski definition) is 2. The van der Waals surface area contributed by atoms with Crippen LogP contribution in [0.15, 0.2) is 71.6 Å². The molecule has 186 valence electrons. The van der Waals surface area contributed by atoms with E-state index < -0.39 is 56.0 Å². The molecule has 0 aliphatic heterocycles. The maximum absolute atomic E-state index is 13.6. The topological polar surface area (TPSA) is 108 Å². The zero-order valence-electron chi connectivity index (χ0n) is 17.1. The van der Waals surface area contributed by atoms with Crippen molar-refractivity contribution in [2.24, 2.45) is 5.14 Å². The van der Waals surface area contributed by atoms with Gasteiger partial charge in [0.25, 0.3) is 5.91 Å². The molecule has 0 unspecified atom stereocenters. The number of amides is 1. The quantitative estimate of drug-likeness (QED) is 0.429. The van der Waals surface area contributed by atoms with Crippen molar-refractivity contribution in [3.8, 4) is 17.2 Å². The third-order valence-electron chi connectivity index (χ3n) is 4.26. The van der Waals surface area contributed by atoms with Crippen molar-refractivity contribution in [3.05, 3.63) is 77.9 Å². The lowest BCUT2D eigenvalue weighted by Gasteiger charge is -2.17. The van der Waals surface area contributed by atoms with E-state index in [1.165, 1.54) is 12.1 Å². The van der Waals surface area contributed by atoms with E-state index in [4.69, 9.17) is 9.88 Å². The molecular formula is C21H14F6N2O5S. The van der Waals surface area contributed by atoms with Gasteiger partial charge in [-0.2, -0.15) is 13.2 Å². The highest BCUT2D eigenvalue weighted by atomic mass is 32.2. The Morgan fingerprint density at radius 3 is 2.03 bits per heavy atom. The number of anilines is 1. The average molecular weight is 520 g/mol. The zero-order chi connectivity index (χ0) is 26.0. The van der Waals surface area contributed by atoms with Gasteiger partial charge in [-0.25, -0.2) is 13.6 Å². The van der Waals surface area contributed by atoms with Crippen LogP contribution in [0.4, 0.5) is 32.0 Å². The summed E-state index contributed by atoms with van der Waals surface area (Å²) < 4.78 is 110. The molecule has 3 aromatic rings. The average Bonchev–Trinajstić information content (AvgIpc) is 2.73. The number of sulfonamides is 1. The highest BCUT2D eigenvalue weighted by Gasteiger charge is 2.37. The second-order valence-electron chi connectivity index (χ2n) is 6.82. The van der Waals surface area contributed by atoms with Gasteiger partial charge in [0, 0.05) is 5.69 Å². The van der Waals surface area contributed by atoms with Gasteiger partial charge in [0.1, 0.15) is 17.2 Å². The Bertz CT molecular complexity index is 1340. The van der Waals surface area contributed by atoms with Gasteiger partial charge in [0.2, 0.25) is 10.0 Å². The predicted molar refractivity (Wildman–Crippen MR) is 110 cm³/mol. The number of benzene rings is 3. The van der Waals surface area contributed by atoms with Crippen LogP contribution in [-0.2, 0) is 16.2 Å². The molecule has 0 heterocycles. The van der Waals surface area contributed by atoms with Crippen LogP contribution in [0.1, 0.15) is 15.9 Å². The molecule has 0 atom stereocenters. The normalized spacial score (nSPS) is 12.2. The van der Waals surface area contributed by atoms with Gasteiger partial charge in [-0.1, -0.05) is 12.1 Å². The predicted octanol–water partition coefficient (Wildman–Crippen LogP) is 5.30. The minimum atomic E-state index is -4.99. The van der Waals surface area contributed by atoms with Crippen molar-refractivity contribution in [2.45, 2.75) is 17.4 Å². The lowest BCUT2D eigenvalue weighted by Crippen LogP contribution is -2.20. The van der Waals surface area contributed by atoms with Crippen molar-refractivity contribution in [1.29, 1.82) is 0 Å². The number of rotatable bonds is 6. The Hall–Kier alpha value is -3.78. The second-order valence-corrected chi connectivity index (χ2v) is 8.39. The Balaban J connectivity index is 1.97. The lowest BCUT2D eigenvalue weighted by atomic mass is 10.0. The third kappa shape index (κ3) is 6.86. The van der Waals surface area contributed by atoms with E-state index in [9.17, 15) is 39.6 Å². The molecule has 0 aromatic heterocycles. The lowest BCUT2D eigenvalue weighted by molar-refractivity contribution is -0.274. The number of halogens is 6. The molecular weight excluding hydrogens is 506 g/mol. The number of carbonyl (C=O) groups excluding carboxylic acids is 1. The molecule has 0 radical (unpaired) electrons. The molecule has 0 saturated carbocycles. The van der Waals surface area contributed by atoms with Gasteiger partial charge >= 0.3 is 12.5 Å². The molecule has 0 fully saturated rings. The van der Waals surface area contributed by atoms with Gasteiger partial charge in [0.15, 0.2) is 0 Å². The highest BCUT2D eigenvalue weighted by molar-refractivity contribution is 7.89. The molecule has 3 aromatic carbocycles. The maximum atomic E-state index is 13.6. The van der Waals surface area contributed by atoms with Crippen LogP contribution in [0, 0.1) is 0 Å². The first kappa shape index (κ1) is 25.8. The number of nitrogens with two attached hydrogens (primary N) is 1. The molecule has 0 saturated heterocycles. The standard InChI is InChI=1S/C21H14F6N2O5S/c22-20(23,24)16-5-2-6-17(33-13-7-9-14(10-8-13)34-21(25,26)27)18(16)19(30)29-12-3-1-4-15(11-12)35(28,31)32/h1-11H,(H,29,30)(H2,28,31,32). The van der Waals surface area contributed by atoms with Crippen LogP contribution in [-0.4, -0.2) is 20.7 Å².